The summed E-state index contributed by atoms with van der Waals surface area (Å²) in [6.07, 6.45) is 5.75. The third kappa shape index (κ3) is 6.21. The number of nitriles is 1. The number of aromatic nitrogens is 2. The van der Waals surface area contributed by atoms with Crippen LogP contribution in [0, 0.1) is 18.3 Å². The Morgan fingerprint density at radius 2 is 2.06 bits per heavy atom. The maximum atomic E-state index is 12.6. The molecule has 1 amide bonds. The van der Waals surface area contributed by atoms with Gasteiger partial charge in [-0.15, -0.1) is 0 Å². The van der Waals surface area contributed by atoms with Crippen molar-refractivity contribution in [3.8, 4) is 28.8 Å². The van der Waals surface area contributed by atoms with Crippen molar-refractivity contribution in [2.24, 2.45) is 0 Å². The van der Waals surface area contributed by atoms with E-state index in [0.717, 1.165) is 22.6 Å². The SMILES string of the molecule is C=CCOc1ccc(-c2nn(-c3ccccc3)cc2C=C(C#N)C(=O)NCCCOC)cc1C. The molecule has 0 radical (unpaired) electrons. The standard InChI is InChI=1S/C27H28N4O3/c1-4-14-34-25-12-11-21(16-20(25)2)26-23(19-31(30-26)24-9-6-5-7-10-24)17-22(18-28)27(32)29-13-8-15-33-3/h4-7,9-12,16-17,19H,1,8,13-15H2,2-3H3,(H,29,32). The Bertz CT molecular complexity index is 1210. The molecule has 1 N–H and O–H groups in total. The van der Waals surface area contributed by atoms with Crippen molar-refractivity contribution in [3.63, 3.8) is 0 Å². The molecule has 2 aromatic carbocycles. The number of para-hydroxylation sites is 1. The third-order valence-corrected chi connectivity index (χ3v) is 5.04. The van der Waals surface area contributed by atoms with Crippen molar-refractivity contribution >= 4 is 12.0 Å². The number of methoxy groups -OCH3 is 1. The summed E-state index contributed by atoms with van der Waals surface area (Å²) in [7, 11) is 1.61. The van der Waals surface area contributed by atoms with Gasteiger partial charge in [-0.1, -0.05) is 30.9 Å². The van der Waals surface area contributed by atoms with E-state index in [-0.39, 0.29) is 5.57 Å². The number of rotatable bonds is 11. The van der Waals surface area contributed by atoms with Gasteiger partial charge in [-0.2, -0.15) is 10.4 Å². The zero-order valence-corrected chi connectivity index (χ0v) is 19.5. The minimum atomic E-state index is -0.429. The van der Waals surface area contributed by atoms with Crippen LogP contribution in [-0.4, -0.2) is 42.6 Å². The van der Waals surface area contributed by atoms with E-state index in [9.17, 15) is 10.1 Å². The number of carbonyl (C=O) groups excluding carboxylic acids is 1. The molecular weight excluding hydrogens is 428 g/mol. The molecule has 174 valence electrons. The van der Waals surface area contributed by atoms with Crippen LogP contribution in [0.4, 0.5) is 0 Å². The van der Waals surface area contributed by atoms with Gasteiger partial charge in [0.2, 0.25) is 0 Å². The second kappa shape index (κ2) is 12.2. The van der Waals surface area contributed by atoms with Crippen LogP contribution in [0.15, 0.2) is 73.0 Å². The number of ether oxygens (including phenoxy) is 2. The molecule has 3 rings (SSSR count). The van der Waals surface area contributed by atoms with Gasteiger partial charge in [0.15, 0.2) is 0 Å². The van der Waals surface area contributed by atoms with Crippen LogP contribution in [-0.2, 0) is 9.53 Å². The van der Waals surface area contributed by atoms with Gasteiger partial charge in [-0.3, -0.25) is 4.79 Å². The smallest absolute Gasteiger partial charge is 0.261 e. The topological polar surface area (TPSA) is 89.2 Å². The average Bonchev–Trinajstić information content (AvgIpc) is 3.28. The summed E-state index contributed by atoms with van der Waals surface area (Å²) < 4.78 is 12.4. The number of amides is 1. The fourth-order valence-electron chi connectivity index (χ4n) is 3.36. The van der Waals surface area contributed by atoms with Crippen LogP contribution in [0.5, 0.6) is 5.75 Å². The lowest BCUT2D eigenvalue weighted by atomic mass is 10.0. The molecule has 3 aromatic rings. The van der Waals surface area contributed by atoms with E-state index in [2.05, 4.69) is 11.9 Å². The van der Waals surface area contributed by atoms with Crippen molar-refractivity contribution < 1.29 is 14.3 Å². The fourth-order valence-corrected chi connectivity index (χ4v) is 3.36. The van der Waals surface area contributed by atoms with Gasteiger partial charge in [-0.25, -0.2) is 4.68 Å². The first-order chi connectivity index (χ1) is 16.6. The maximum Gasteiger partial charge on any atom is 0.261 e. The summed E-state index contributed by atoms with van der Waals surface area (Å²) in [5, 5.41) is 17.2. The summed E-state index contributed by atoms with van der Waals surface area (Å²) in [6.45, 7) is 7.02. The summed E-state index contributed by atoms with van der Waals surface area (Å²) in [4.78, 5) is 12.6. The summed E-state index contributed by atoms with van der Waals surface area (Å²) in [5.74, 6) is 0.331. The van der Waals surface area contributed by atoms with Crippen molar-refractivity contribution in [2.45, 2.75) is 13.3 Å². The van der Waals surface area contributed by atoms with Gasteiger partial charge in [0.05, 0.1) is 5.69 Å². The van der Waals surface area contributed by atoms with Crippen LogP contribution in [0.1, 0.15) is 17.5 Å². The molecule has 0 aliphatic rings. The lowest BCUT2D eigenvalue weighted by Crippen LogP contribution is -2.26. The molecule has 7 nitrogen and oxygen atoms in total. The van der Waals surface area contributed by atoms with Gasteiger partial charge in [0, 0.05) is 37.6 Å². The predicted molar refractivity (Wildman–Crippen MR) is 133 cm³/mol. The van der Waals surface area contributed by atoms with Gasteiger partial charge in [0.1, 0.15) is 29.7 Å². The minimum absolute atomic E-state index is 0.00827. The Kier molecular flexibility index (Phi) is 8.78. The molecule has 0 spiro atoms. The lowest BCUT2D eigenvalue weighted by molar-refractivity contribution is -0.117. The lowest BCUT2D eigenvalue weighted by Gasteiger charge is -2.09. The van der Waals surface area contributed by atoms with Crippen molar-refractivity contribution in [1.29, 1.82) is 5.26 Å². The third-order valence-electron chi connectivity index (χ3n) is 5.04. The molecule has 0 atom stereocenters. The first kappa shape index (κ1) is 24.5. The minimum Gasteiger partial charge on any atom is -0.489 e. The maximum absolute atomic E-state index is 12.6. The molecule has 0 aliphatic carbocycles. The average molecular weight is 457 g/mol. The van der Waals surface area contributed by atoms with E-state index in [1.807, 2.05) is 67.7 Å². The molecule has 0 unspecified atom stereocenters. The van der Waals surface area contributed by atoms with Gasteiger partial charge in [0.25, 0.3) is 5.91 Å². The largest absolute Gasteiger partial charge is 0.489 e. The zero-order chi connectivity index (χ0) is 24.3. The molecule has 0 bridgehead atoms. The molecule has 0 fully saturated rings. The highest BCUT2D eigenvalue weighted by Crippen LogP contribution is 2.30. The number of hydrogen-bond donors (Lipinski definition) is 1. The van der Waals surface area contributed by atoms with Crippen molar-refractivity contribution in [3.05, 3.63) is 84.1 Å². The predicted octanol–water partition coefficient (Wildman–Crippen LogP) is 4.47. The molecule has 1 aromatic heterocycles. The summed E-state index contributed by atoms with van der Waals surface area (Å²) >= 11 is 0. The van der Waals surface area contributed by atoms with E-state index < -0.39 is 5.91 Å². The fraction of sp³-hybridized carbons (Fsp3) is 0.222. The van der Waals surface area contributed by atoms with Gasteiger partial charge >= 0.3 is 0 Å². The Morgan fingerprint density at radius 3 is 2.74 bits per heavy atom. The second-order valence-electron chi connectivity index (χ2n) is 7.57. The Morgan fingerprint density at radius 1 is 1.26 bits per heavy atom. The second-order valence-corrected chi connectivity index (χ2v) is 7.57. The van der Waals surface area contributed by atoms with Crippen molar-refractivity contribution in [2.75, 3.05) is 26.9 Å². The number of aryl methyl sites for hydroxylation is 1. The zero-order valence-electron chi connectivity index (χ0n) is 19.5. The molecule has 7 heteroatoms. The number of nitrogens with one attached hydrogen (secondary N) is 1. The highest BCUT2D eigenvalue weighted by Gasteiger charge is 2.16. The number of benzene rings is 2. The normalized spacial score (nSPS) is 11.0. The molecular formula is C27H28N4O3. The number of nitrogens with zero attached hydrogens (tertiary/aromatic N) is 3. The summed E-state index contributed by atoms with van der Waals surface area (Å²) in [5.41, 5.74) is 3.98. The van der Waals surface area contributed by atoms with Gasteiger partial charge in [-0.05, 0) is 55.3 Å². The van der Waals surface area contributed by atoms with E-state index in [1.165, 1.54) is 0 Å². The monoisotopic (exact) mass is 456 g/mol. The molecule has 0 saturated carbocycles. The van der Waals surface area contributed by atoms with Crippen LogP contribution in [0.2, 0.25) is 0 Å². The van der Waals surface area contributed by atoms with E-state index >= 15 is 0 Å². The van der Waals surface area contributed by atoms with Crippen LogP contribution in [0.25, 0.3) is 23.0 Å². The number of hydrogen-bond acceptors (Lipinski definition) is 5. The Hall–Kier alpha value is -4.15. The first-order valence-corrected chi connectivity index (χ1v) is 11.0. The van der Waals surface area contributed by atoms with E-state index in [4.69, 9.17) is 14.6 Å². The summed E-state index contributed by atoms with van der Waals surface area (Å²) in [6, 6.07) is 17.5. The molecule has 0 aliphatic heterocycles. The van der Waals surface area contributed by atoms with Crippen LogP contribution < -0.4 is 10.1 Å². The Balaban J connectivity index is 2.00. The molecule has 1 heterocycles. The van der Waals surface area contributed by atoms with Gasteiger partial charge < -0.3 is 14.8 Å². The van der Waals surface area contributed by atoms with E-state index in [0.29, 0.717) is 37.4 Å². The quantitative estimate of drug-likeness (QED) is 0.199. The number of carbonyl (C=O) groups is 1. The highest BCUT2D eigenvalue weighted by atomic mass is 16.5. The Labute approximate surface area is 199 Å². The van der Waals surface area contributed by atoms with Crippen LogP contribution >= 0.6 is 0 Å². The van der Waals surface area contributed by atoms with Crippen molar-refractivity contribution in [1.82, 2.24) is 15.1 Å². The van der Waals surface area contributed by atoms with E-state index in [1.54, 1.807) is 23.9 Å². The molecule has 34 heavy (non-hydrogen) atoms. The van der Waals surface area contributed by atoms with Crippen LogP contribution in [0.3, 0.4) is 0 Å². The molecule has 0 saturated heterocycles. The highest BCUT2D eigenvalue weighted by molar-refractivity contribution is 6.02. The first-order valence-electron chi connectivity index (χ1n) is 11.0.